The SMILES string of the molecule is Cc1cc2c(=O)n(-c3c(C)ccc(O)c3C)c(N)c(C(N)=O)c2nc1C. The van der Waals surface area contributed by atoms with E-state index in [0.29, 0.717) is 16.9 Å². The lowest BCUT2D eigenvalue weighted by atomic mass is 10.0. The number of carbonyl (C=O) groups excluding carboxylic acids is 1. The van der Waals surface area contributed by atoms with Gasteiger partial charge in [0.05, 0.1) is 16.6 Å². The summed E-state index contributed by atoms with van der Waals surface area (Å²) in [5.74, 6) is -0.842. The molecule has 2 aromatic heterocycles. The second-order valence-electron chi connectivity index (χ2n) is 6.43. The minimum atomic E-state index is -0.771. The van der Waals surface area contributed by atoms with Gasteiger partial charge in [0.2, 0.25) is 0 Å². The van der Waals surface area contributed by atoms with Crippen molar-refractivity contribution < 1.29 is 9.90 Å². The minimum absolute atomic E-state index is 0.00940. The third-order valence-corrected chi connectivity index (χ3v) is 4.71. The number of aromatic nitrogens is 2. The van der Waals surface area contributed by atoms with Crippen molar-refractivity contribution in [2.75, 3.05) is 5.73 Å². The highest BCUT2D eigenvalue weighted by atomic mass is 16.3. The molecule has 7 heteroatoms. The Hall–Kier alpha value is -3.35. The average Bonchev–Trinajstić information content (AvgIpc) is 2.56. The molecule has 0 aliphatic rings. The normalized spacial score (nSPS) is 11.1. The number of carbonyl (C=O) groups is 1. The number of fused-ring (bicyclic) bond motifs is 1. The van der Waals surface area contributed by atoms with Crippen LogP contribution in [-0.2, 0) is 0 Å². The number of hydrogen-bond acceptors (Lipinski definition) is 5. The Bertz CT molecular complexity index is 1150. The van der Waals surface area contributed by atoms with Gasteiger partial charge in [-0.1, -0.05) is 6.07 Å². The zero-order valence-corrected chi connectivity index (χ0v) is 15.0. The molecule has 0 bridgehead atoms. The van der Waals surface area contributed by atoms with Gasteiger partial charge in [-0.25, -0.2) is 0 Å². The van der Waals surface area contributed by atoms with Gasteiger partial charge in [0.15, 0.2) is 0 Å². The molecule has 3 rings (SSSR count). The van der Waals surface area contributed by atoms with Crippen molar-refractivity contribution >= 4 is 22.6 Å². The number of anilines is 1. The summed E-state index contributed by atoms with van der Waals surface area (Å²) in [5, 5.41) is 10.3. The van der Waals surface area contributed by atoms with Crippen molar-refractivity contribution in [3.05, 3.63) is 56.5 Å². The molecule has 3 aromatic rings. The monoisotopic (exact) mass is 352 g/mol. The average molecular weight is 352 g/mol. The largest absolute Gasteiger partial charge is 0.508 e. The first-order valence-corrected chi connectivity index (χ1v) is 8.07. The van der Waals surface area contributed by atoms with Crippen molar-refractivity contribution in [3.8, 4) is 11.4 Å². The van der Waals surface area contributed by atoms with Crippen LogP contribution in [0.1, 0.15) is 32.7 Å². The molecule has 0 atom stereocenters. The molecule has 0 spiro atoms. The number of aromatic hydroxyl groups is 1. The van der Waals surface area contributed by atoms with Crippen LogP contribution in [0, 0.1) is 27.7 Å². The van der Waals surface area contributed by atoms with Gasteiger partial charge < -0.3 is 16.6 Å². The number of aryl methyl sites for hydroxylation is 3. The number of nitrogens with two attached hydrogens (primary N) is 2. The molecule has 1 amide bonds. The maximum atomic E-state index is 13.2. The van der Waals surface area contributed by atoms with E-state index in [1.807, 2.05) is 6.92 Å². The van der Waals surface area contributed by atoms with Crippen LogP contribution in [0.15, 0.2) is 23.0 Å². The summed E-state index contributed by atoms with van der Waals surface area (Å²) in [4.78, 5) is 29.7. The standard InChI is InChI=1S/C19H20N4O3/c1-8-5-6-13(24)10(3)16(8)23-17(20)14(18(21)25)15-12(19(23)26)7-9(2)11(4)22-15/h5-7,24H,20H2,1-4H3,(H2,21,25). The molecule has 1 aromatic carbocycles. The minimum Gasteiger partial charge on any atom is -0.508 e. The van der Waals surface area contributed by atoms with Gasteiger partial charge in [0.1, 0.15) is 17.1 Å². The zero-order chi connectivity index (χ0) is 19.3. The van der Waals surface area contributed by atoms with E-state index in [1.165, 1.54) is 4.57 Å². The fraction of sp³-hybridized carbons (Fsp3) is 0.211. The molecule has 0 aliphatic carbocycles. The second kappa shape index (κ2) is 5.87. The van der Waals surface area contributed by atoms with E-state index in [9.17, 15) is 14.7 Å². The molecule has 0 saturated carbocycles. The predicted octanol–water partition coefficient (Wildman–Crippen LogP) is 2.01. The highest BCUT2D eigenvalue weighted by Crippen LogP contribution is 2.30. The van der Waals surface area contributed by atoms with E-state index in [0.717, 1.165) is 11.1 Å². The van der Waals surface area contributed by atoms with Crippen molar-refractivity contribution in [2.45, 2.75) is 27.7 Å². The number of rotatable bonds is 2. The molecule has 5 N–H and O–H groups in total. The number of primary amides is 1. The Morgan fingerprint density at radius 3 is 2.42 bits per heavy atom. The molecule has 0 aliphatic heterocycles. The lowest BCUT2D eigenvalue weighted by Crippen LogP contribution is -2.28. The summed E-state index contributed by atoms with van der Waals surface area (Å²) < 4.78 is 1.23. The van der Waals surface area contributed by atoms with E-state index in [1.54, 1.807) is 39.0 Å². The van der Waals surface area contributed by atoms with Gasteiger partial charge in [-0.3, -0.25) is 19.1 Å². The first-order chi connectivity index (χ1) is 12.1. The van der Waals surface area contributed by atoms with Crippen LogP contribution in [0.25, 0.3) is 16.6 Å². The Morgan fingerprint density at radius 1 is 1.15 bits per heavy atom. The molecule has 0 radical (unpaired) electrons. The van der Waals surface area contributed by atoms with Crippen LogP contribution < -0.4 is 17.0 Å². The third kappa shape index (κ3) is 2.40. The summed E-state index contributed by atoms with van der Waals surface area (Å²) in [6.07, 6.45) is 0. The van der Waals surface area contributed by atoms with Gasteiger partial charge in [-0.2, -0.15) is 0 Å². The van der Waals surface area contributed by atoms with Crippen molar-refractivity contribution in [2.24, 2.45) is 5.73 Å². The smallest absolute Gasteiger partial charge is 0.266 e. The van der Waals surface area contributed by atoms with E-state index in [-0.39, 0.29) is 28.0 Å². The van der Waals surface area contributed by atoms with E-state index in [4.69, 9.17) is 11.5 Å². The van der Waals surface area contributed by atoms with Crippen LogP contribution in [-0.4, -0.2) is 20.6 Å². The summed E-state index contributed by atoms with van der Waals surface area (Å²) in [5.41, 5.74) is 14.6. The number of nitrogens with zero attached hydrogens (tertiary/aromatic N) is 2. The Balaban J connectivity index is 2.62. The maximum Gasteiger partial charge on any atom is 0.266 e. The Morgan fingerprint density at radius 2 is 1.81 bits per heavy atom. The predicted molar refractivity (Wildman–Crippen MR) is 101 cm³/mol. The topological polar surface area (TPSA) is 124 Å². The van der Waals surface area contributed by atoms with Crippen LogP contribution in [0.3, 0.4) is 0 Å². The molecule has 26 heavy (non-hydrogen) atoms. The fourth-order valence-electron chi connectivity index (χ4n) is 3.16. The number of phenolic OH excluding ortho intramolecular Hbond substituents is 1. The van der Waals surface area contributed by atoms with E-state index < -0.39 is 11.5 Å². The zero-order valence-electron chi connectivity index (χ0n) is 15.0. The highest BCUT2D eigenvalue weighted by molar-refractivity contribution is 6.08. The highest BCUT2D eigenvalue weighted by Gasteiger charge is 2.23. The van der Waals surface area contributed by atoms with E-state index in [2.05, 4.69) is 4.98 Å². The number of nitrogen functional groups attached to an aromatic ring is 1. The van der Waals surface area contributed by atoms with Crippen LogP contribution in [0.5, 0.6) is 5.75 Å². The maximum absolute atomic E-state index is 13.2. The van der Waals surface area contributed by atoms with Gasteiger partial charge in [0.25, 0.3) is 11.5 Å². The number of benzene rings is 1. The van der Waals surface area contributed by atoms with Gasteiger partial charge in [0, 0.05) is 11.3 Å². The second-order valence-corrected chi connectivity index (χ2v) is 6.43. The van der Waals surface area contributed by atoms with Crippen LogP contribution in [0.4, 0.5) is 5.82 Å². The molecule has 0 saturated heterocycles. The van der Waals surface area contributed by atoms with Crippen molar-refractivity contribution in [1.29, 1.82) is 0 Å². The summed E-state index contributed by atoms with van der Waals surface area (Å²) >= 11 is 0. The van der Waals surface area contributed by atoms with E-state index >= 15 is 0 Å². The Labute approximate surface area is 149 Å². The third-order valence-electron chi connectivity index (χ3n) is 4.71. The first kappa shape index (κ1) is 17.5. The number of hydrogen-bond donors (Lipinski definition) is 3. The van der Waals surface area contributed by atoms with Crippen molar-refractivity contribution in [3.63, 3.8) is 0 Å². The Kier molecular flexibility index (Phi) is 3.95. The molecule has 0 unspecified atom stereocenters. The van der Waals surface area contributed by atoms with Gasteiger partial charge >= 0.3 is 0 Å². The summed E-state index contributed by atoms with van der Waals surface area (Å²) in [7, 11) is 0. The molecule has 2 heterocycles. The molecule has 134 valence electrons. The first-order valence-electron chi connectivity index (χ1n) is 8.07. The number of phenols is 1. The van der Waals surface area contributed by atoms with Crippen LogP contribution in [0.2, 0.25) is 0 Å². The summed E-state index contributed by atoms with van der Waals surface area (Å²) in [6.45, 7) is 7.08. The number of amides is 1. The molecular weight excluding hydrogens is 332 g/mol. The fourth-order valence-corrected chi connectivity index (χ4v) is 3.16. The molecule has 7 nitrogen and oxygen atoms in total. The molecule has 0 fully saturated rings. The lowest BCUT2D eigenvalue weighted by molar-refractivity contribution is 0.100. The lowest BCUT2D eigenvalue weighted by Gasteiger charge is -2.19. The number of pyridine rings is 2. The van der Waals surface area contributed by atoms with Crippen molar-refractivity contribution in [1.82, 2.24) is 9.55 Å². The summed E-state index contributed by atoms with van der Waals surface area (Å²) in [6, 6.07) is 4.90. The van der Waals surface area contributed by atoms with Gasteiger partial charge in [-0.15, -0.1) is 0 Å². The van der Waals surface area contributed by atoms with Crippen LogP contribution >= 0.6 is 0 Å². The van der Waals surface area contributed by atoms with Gasteiger partial charge in [-0.05, 0) is 51.0 Å². The quantitative estimate of drug-likeness (QED) is 0.651. The molecular formula is C19H20N4O3.